The molecule has 2 amide bonds. The Balaban J connectivity index is 1.48. The first-order valence-electron chi connectivity index (χ1n) is 8.24. The fourth-order valence-corrected chi connectivity index (χ4v) is 2.79. The van der Waals surface area contributed by atoms with Gasteiger partial charge in [0.05, 0.1) is 11.8 Å². The predicted octanol–water partition coefficient (Wildman–Crippen LogP) is 3.19. The summed E-state index contributed by atoms with van der Waals surface area (Å²) >= 11 is 0. The van der Waals surface area contributed by atoms with E-state index < -0.39 is 0 Å². The second-order valence-corrected chi connectivity index (χ2v) is 6.51. The Kier molecular flexibility index (Phi) is 4.65. The minimum Gasteiger partial charge on any atom is -0.352 e. The molecule has 1 aliphatic carbocycles. The van der Waals surface area contributed by atoms with Crippen LogP contribution >= 0.6 is 0 Å². The molecule has 2 aromatic rings. The summed E-state index contributed by atoms with van der Waals surface area (Å²) in [6, 6.07) is 15.7. The first-order chi connectivity index (χ1) is 11.5. The molecule has 0 radical (unpaired) electrons. The quantitative estimate of drug-likeness (QED) is 0.888. The van der Waals surface area contributed by atoms with E-state index in [1.807, 2.05) is 56.3 Å². The van der Waals surface area contributed by atoms with E-state index in [1.165, 1.54) is 5.56 Å². The van der Waals surface area contributed by atoms with Gasteiger partial charge in [0.1, 0.15) is 0 Å². The van der Waals surface area contributed by atoms with E-state index >= 15 is 0 Å². The number of hydrogen-bond acceptors (Lipinski definition) is 2. The Hall–Kier alpha value is -2.62. The van der Waals surface area contributed by atoms with Crippen molar-refractivity contribution in [3.8, 4) is 0 Å². The normalized spacial score (nSPS) is 18.8. The first kappa shape index (κ1) is 16.2. The van der Waals surface area contributed by atoms with Crippen LogP contribution in [0.4, 0.5) is 5.69 Å². The van der Waals surface area contributed by atoms with Crippen LogP contribution in [-0.4, -0.2) is 11.8 Å². The zero-order chi connectivity index (χ0) is 17.1. The third-order valence-electron chi connectivity index (χ3n) is 4.33. The minimum absolute atomic E-state index is 0.0411. The lowest BCUT2D eigenvalue weighted by Crippen LogP contribution is -2.27. The largest absolute Gasteiger partial charge is 0.352 e. The number of amides is 2. The highest BCUT2D eigenvalue weighted by atomic mass is 16.2. The standard InChI is InChI=1S/C20H22N2O2/c1-13-6-8-16(9-7-13)22-20(24)18-11-17(18)19(23)21-12-15-5-3-4-14(2)10-15/h3-10,17-18H,11-12H2,1-2H3,(H,21,23)(H,22,24). The Morgan fingerprint density at radius 3 is 2.38 bits per heavy atom. The zero-order valence-corrected chi connectivity index (χ0v) is 14.0. The van der Waals surface area contributed by atoms with Crippen molar-refractivity contribution in [1.82, 2.24) is 5.32 Å². The highest BCUT2D eigenvalue weighted by Crippen LogP contribution is 2.39. The van der Waals surface area contributed by atoms with Crippen LogP contribution in [0, 0.1) is 25.7 Å². The number of nitrogens with one attached hydrogen (secondary N) is 2. The summed E-state index contributed by atoms with van der Waals surface area (Å²) < 4.78 is 0. The minimum atomic E-state index is -0.219. The summed E-state index contributed by atoms with van der Waals surface area (Å²) in [6.07, 6.45) is 0.622. The molecule has 0 aliphatic heterocycles. The van der Waals surface area contributed by atoms with Crippen molar-refractivity contribution in [3.63, 3.8) is 0 Å². The maximum atomic E-state index is 12.2. The number of aryl methyl sites for hydroxylation is 2. The van der Waals surface area contributed by atoms with Crippen molar-refractivity contribution >= 4 is 17.5 Å². The molecule has 2 N–H and O–H groups in total. The highest BCUT2D eigenvalue weighted by molar-refractivity contribution is 5.99. The van der Waals surface area contributed by atoms with Crippen molar-refractivity contribution in [2.75, 3.05) is 5.32 Å². The maximum absolute atomic E-state index is 12.2. The fraction of sp³-hybridized carbons (Fsp3) is 0.300. The van der Waals surface area contributed by atoms with Gasteiger partial charge in [-0.2, -0.15) is 0 Å². The van der Waals surface area contributed by atoms with Crippen LogP contribution in [0.3, 0.4) is 0 Å². The van der Waals surface area contributed by atoms with Gasteiger partial charge >= 0.3 is 0 Å². The van der Waals surface area contributed by atoms with E-state index in [2.05, 4.69) is 16.7 Å². The first-order valence-corrected chi connectivity index (χ1v) is 8.24. The number of hydrogen-bond donors (Lipinski definition) is 2. The van der Waals surface area contributed by atoms with Gasteiger partial charge in [0.15, 0.2) is 0 Å². The van der Waals surface area contributed by atoms with E-state index in [1.54, 1.807) is 0 Å². The Morgan fingerprint density at radius 2 is 1.67 bits per heavy atom. The van der Waals surface area contributed by atoms with Gasteiger partial charge in [-0.05, 0) is 38.0 Å². The van der Waals surface area contributed by atoms with Crippen LogP contribution < -0.4 is 10.6 Å². The van der Waals surface area contributed by atoms with Gasteiger partial charge in [-0.25, -0.2) is 0 Å². The molecule has 4 nitrogen and oxygen atoms in total. The topological polar surface area (TPSA) is 58.2 Å². The SMILES string of the molecule is Cc1ccc(NC(=O)C2CC2C(=O)NCc2cccc(C)c2)cc1. The van der Waals surface area contributed by atoms with Crippen LogP contribution in [0.25, 0.3) is 0 Å². The van der Waals surface area contributed by atoms with Gasteiger partial charge in [-0.3, -0.25) is 9.59 Å². The van der Waals surface area contributed by atoms with Crippen LogP contribution in [0.15, 0.2) is 48.5 Å². The van der Waals surface area contributed by atoms with Crippen LogP contribution in [-0.2, 0) is 16.1 Å². The third-order valence-corrected chi connectivity index (χ3v) is 4.33. The average molecular weight is 322 g/mol. The van der Waals surface area contributed by atoms with E-state index in [-0.39, 0.29) is 23.7 Å². The molecule has 1 saturated carbocycles. The molecule has 2 unspecified atom stereocenters. The Bertz CT molecular complexity index is 752. The molecule has 3 rings (SSSR count). The number of carbonyl (C=O) groups is 2. The molecule has 0 spiro atoms. The van der Waals surface area contributed by atoms with Crippen LogP contribution in [0.1, 0.15) is 23.1 Å². The summed E-state index contributed by atoms with van der Waals surface area (Å²) in [5.74, 6) is -0.542. The summed E-state index contributed by atoms with van der Waals surface area (Å²) in [5, 5.41) is 5.80. The van der Waals surface area contributed by atoms with E-state index in [0.29, 0.717) is 13.0 Å². The van der Waals surface area contributed by atoms with E-state index in [4.69, 9.17) is 0 Å². The molecule has 2 atom stereocenters. The van der Waals surface area contributed by atoms with Crippen molar-refractivity contribution in [3.05, 3.63) is 65.2 Å². The molecular formula is C20H22N2O2. The van der Waals surface area contributed by atoms with Gasteiger partial charge < -0.3 is 10.6 Å². The predicted molar refractivity (Wildman–Crippen MR) is 94.4 cm³/mol. The van der Waals surface area contributed by atoms with E-state index in [9.17, 15) is 9.59 Å². The maximum Gasteiger partial charge on any atom is 0.228 e. The zero-order valence-electron chi connectivity index (χ0n) is 14.0. The lowest BCUT2D eigenvalue weighted by Gasteiger charge is -2.07. The Labute approximate surface area is 142 Å². The second kappa shape index (κ2) is 6.87. The second-order valence-electron chi connectivity index (χ2n) is 6.51. The summed E-state index contributed by atoms with van der Waals surface area (Å²) in [5.41, 5.74) is 4.16. The lowest BCUT2D eigenvalue weighted by atomic mass is 10.1. The number of carbonyl (C=O) groups excluding carboxylic acids is 2. The average Bonchev–Trinajstić information content (AvgIpc) is 3.36. The lowest BCUT2D eigenvalue weighted by molar-refractivity contribution is -0.125. The number of rotatable bonds is 5. The molecule has 2 aromatic carbocycles. The molecule has 4 heteroatoms. The molecule has 1 aliphatic rings. The monoisotopic (exact) mass is 322 g/mol. The highest BCUT2D eigenvalue weighted by Gasteiger charge is 2.47. The van der Waals surface area contributed by atoms with Gasteiger partial charge in [0.25, 0.3) is 0 Å². The number of anilines is 1. The summed E-state index contributed by atoms with van der Waals surface area (Å²) in [7, 11) is 0. The molecule has 124 valence electrons. The van der Waals surface area contributed by atoms with E-state index in [0.717, 1.165) is 16.8 Å². The third kappa shape index (κ3) is 4.02. The van der Waals surface area contributed by atoms with Crippen molar-refractivity contribution in [2.24, 2.45) is 11.8 Å². The van der Waals surface area contributed by atoms with Crippen molar-refractivity contribution < 1.29 is 9.59 Å². The van der Waals surface area contributed by atoms with Gasteiger partial charge in [-0.15, -0.1) is 0 Å². The van der Waals surface area contributed by atoms with Crippen LogP contribution in [0.2, 0.25) is 0 Å². The summed E-state index contributed by atoms with van der Waals surface area (Å²) in [6.45, 7) is 4.53. The summed E-state index contributed by atoms with van der Waals surface area (Å²) in [4.78, 5) is 24.4. The van der Waals surface area contributed by atoms with Gasteiger partial charge in [0, 0.05) is 12.2 Å². The molecule has 1 fully saturated rings. The molecular weight excluding hydrogens is 300 g/mol. The van der Waals surface area contributed by atoms with Gasteiger partial charge in [0.2, 0.25) is 11.8 Å². The molecule has 0 bridgehead atoms. The van der Waals surface area contributed by atoms with Gasteiger partial charge in [-0.1, -0.05) is 47.5 Å². The molecule has 24 heavy (non-hydrogen) atoms. The molecule has 0 saturated heterocycles. The van der Waals surface area contributed by atoms with Crippen molar-refractivity contribution in [1.29, 1.82) is 0 Å². The Morgan fingerprint density at radius 1 is 0.958 bits per heavy atom. The van der Waals surface area contributed by atoms with Crippen LogP contribution in [0.5, 0.6) is 0 Å². The van der Waals surface area contributed by atoms with Crippen molar-refractivity contribution in [2.45, 2.75) is 26.8 Å². The molecule has 0 heterocycles. The molecule has 0 aromatic heterocycles. The number of benzene rings is 2. The fourth-order valence-electron chi connectivity index (χ4n) is 2.79. The smallest absolute Gasteiger partial charge is 0.228 e.